The van der Waals surface area contributed by atoms with Crippen LogP contribution in [0.2, 0.25) is 0 Å². The number of amides is 1. The first-order valence-electron chi connectivity index (χ1n) is 5.16. The molecule has 1 aliphatic heterocycles. The maximum atomic E-state index is 11.7. The number of carbonyl (C=O) groups is 1. The summed E-state index contributed by atoms with van der Waals surface area (Å²) in [6.45, 7) is 2.56. The Hall–Kier alpha value is -1.97. The molecule has 84 valence electrons. The lowest BCUT2D eigenvalue weighted by molar-refractivity contribution is -0.121. The number of benzene rings is 1. The molecule has 0 radical (unpaired) electrons. The number of rotatable bonds is 2. The molecule has 0 unspecified atom stereocenters. The minimum atomic E-state index is -0.0452. The van der Waals surface area contributed by atoms with Crippen LogP contribution < -0.4 is 15.4 Å². The van der Waals surface area contributed by atoms with E-state index in [0.29, 0.717) is 18.0 Å². The fourth-order valence-electron chi connectivity index (χ4n) is 1.63. The number of nitrogens with zero attached hydrogens (tertiary/aromatic N) is 1. The average Bonchev–Trinajstić information content (AvgIpc) is 2.28. The molecule has 1 heterocycles. The van der Waals surface area contributed by atoms with Crippen molar-refractivity contribution in [2.45, 2.75) is 6.92 Å². The maximum absolute atomic E-state index is 11.7. The number of hydrogen-bond acceptors (Lipinski definition) is 3. The van der Waals surface area contributed by atoms with Gasteiger partial charge in [0.25, 0.3) is 5.91 Å². The van der Waals surface area contributed by atoms with Crippen LogP contribution in [0, 0.1) is 0 Å². The van der Waals surface area contributed by atoms with Gasteiger partial charge in [-0.2, -0.15) is 0 Å². The van der Waals surface area contributed by atoms with Crippen LogP contribution in [0.4, 0.5) is 11.4 Å². The van der Waals surface area contributed by atoms with Crippen molar-refractivity contribution in [3.63, 3.8) is 0 Å². The molecule has 0 aromatic heterocycles. The third-order valence-corrected chi connectivity index (χ3v) is 2.45. The highest BCUT2D eigenvalue weighted by molar-refractivity contribution is 5.98. The van der Waals surface area contributed by atoms with Crippen LogP contribution in [0.15, 0.2) is 30.4 Å². The van der Waals surface area contributed by atoms with Gasteiger partial charge in [-0.05, 0) is 25.1 Å². The molecule has 0 spiro atoms. The second-order valence-corrected chi connectivity index (χ2v) is 3.59. The molecule has 1 aliphatic rings. The number of ether oxygens (including phenoxy) is 1. The van der Waals surface area contributed by atoms with E-state index in [1.807, 2.05) is 19.1 Å². The second-order valence-electron chi connectivity index (χ2n) is 3.59. The van der Waals surface area contributed by atoms with E-state index >= 15 is 0 Å². The van der Waals surface area contributed by atoms with E-state index in [1.54, 1.807) is 23.1 Å². The number of fused-ring (bicyclic) bond motifs is 1. The molecule has 1 aromatic rings. The van der Waals surface area contributed by atoms with Gasteiger partial charge in [-0.1, -0.05) is 12.2 Å². The van der Waals surface area contributed by atoms with Crippen molar-refractivity contribution in [2.75, 3.05) is 23.8 Å². The smallest absolute Gasteiger partial charge is 0.265 e. The molecule has 0 aliphatic carbocycles. The Morgan fingerprint density at radius 3 is 3.12 bits per heavy atom. The first-order chi connectivity index (χ1) is 7.72. The van der Waals surface area contributed by atoms with E-state index in [2.05, 4.69) is 0 Å². The summed E-state index contributed by atoms with van der Waals surface area (Å²) in [6.07, 6.45) is 3.84. The lowest BCUT2D eigenvalue weighted by Crippen LogP contribution is -2.38. The van der Waals surface area contributed by atoms with Crippen LogP contribution in [0.1, 0.15) is 6.92 Å². The Kier molecular flexibility index (Phi) is 2.81. The minimum absolute atomic E-state index is 0.0452. The van der Waals surface area contributed by atoms with E-state index < -0.39 is 0 Å². The van der Waals surface area contributed by atoms with Crippen molar-refractivity contribution >= 4 is 17.3 Å². The molecule has 0 saturated carbocycles. The number of hydrogen-bond donors (Lipinski definition) is 1. The highest BCUT2D eigenvalue weighted by atomic mass is 16.5. The molecular weight excluding hydrogens is 204 g/mol. The van der Waals surface area contributed by atoms with Crippen molar-refractivity contribution < 1.29 is 9.53 Å². The van der Waals surface area contributed by atoms with Gasteiger partial charge in [0.2, 0.25) is 0 Å². The predicted octanol–water partition coefficient (Wildman–Crippen LogP) is 1.57. The molecule has 2 N–H and O–H groups in total. The first kappa shape index (κ1) is 10.5. The molecule has 2 rings (SSSR count). The first-order valence-corrected chi connectivity index (χ1v) is 5.16. The van der Waals surface area contributed by atoms with E-state index in [9.17, 15) is 4.79 Å². The topological polar surface area (TPSA) is 55.6 Å². The van der Waals surface area contributed by atoms with Crippen molar-refractivity contribution in [3.05, 3.63) is 30.4 Å². The predicted molar refractivity (Wildman–Crippen MR) is 63.5 cm³/mol. The third-order valence-electron chi connectivity index (χ3n) is 2.45. The van der Waals surface area contributed by atoms with Gasteiger partial charge in [0.15, 0.2) is 6.61 Å². The van der Waals surface area contributed by atoms with Crippen molar-refractivity contribution in [3.8, 4) is 5.75 Å². The second kappa shape index (κ2) is 4.26. The Morgan fingerprint density at radius 1 is 1.56 bits per heavy atom. The zero-order valence-corrected chi connectivity index (χ0v) is 9.14. The summed E-state index contributed by atoms with van der Waals surface area (Å²) in [5.74, 6) is 0.662. The van der Waals surface area contributed by atoms with E-state index in [-0.39, 0.29) is 12.5 Å². The van der Waals surface area contributed by atoms with Crippen LogP contribution in [0.25, 0.3) is 0 Å². The van der Waals surface area contributed by atoms with E-state index in [1.165, 1.54) is 0 Å². The molecule has 1 aromatic carbocycles. The van der Waals surface area contributed by atoms with Crippen molar-refractivity contribution in [1.82, 2.24) is 0 Å². The Balaban J connectivity index is 2.38. The fraction of sp³-hybridized carbons (Fsp3) is 0.250. The lowest BCUT2D eigenvalue weighted by atomic mass is 10.2. The molecule has 4 nitrogen and oxygen atoms in total. The van der Waals surface area contributed by atoms with Gasteiger partial charge in [0, 0.05) is 12.2 Å². The zero-order chi connectivity index (χ0) is 11.5. The minimum Gasteiger partial charge on any atom is -0.482 e. The quantitative estimate of drug-likeness (QED) is 0.605. The Labute approximate surface area is 94.3 Å². The van der Waals surface area contributed by atoms with Gasteiger partial charge < -0.3 is 15.4 Å². The normalized spacial score (nSPS) is 15.1. The van der Waals surface area contributed by atoms with Gasteiger partial charge >= 0.3 is 0 Å². The molecule has 4 heteroatoms. The van der Waals surface area contributed by atoms with Crippen LogP contribution in [0.3, 0.4) is 0 Å². The molecule has 0 saturated heterocycles. The van der Waals surface area contributed by atoms with Gasteiger partial charge in [-0.15, -0.1) is 0 Å². The number of carbonyl (C=O) groups excluding carboxylic acids is 1. The molecule has 1 amide bonds. The van der Waals surface area contributed by atoms with Crippen LogP contribution in [-0.2, 0) is 4.79 Å². The monoisotopic (exact) mass is 218 g/mol. The SMILES string of the molecule is C/C=C/CN1C(=O)COc2ccc(N)cc21. The molecular formula is C12H14N2O2. The largest absolute Gasteiger partial charge is 0.482 e. The maximum Gasteiger partial charge on any atom is 0.265 e. The highest BCUT2D eigenvalue weighted by Crippen LogP contribution is 2.33. The highest BCUT2D eigenvalue weighted by Gasteiger charge is 2.24. The van der Waals surface area contributed by atoms with Crippen LogP contribution in [-0.4, -0.2) is 19.1 Å². The summed E-state index contributed by atoms with van der Waals surface area (Å²) in [5.41, 5.74) is 7.08. The van der Waals surface area contributed by atoms with Crippen LogP contribution >= 0.6 is 0 Å². The number of allylic oxidation sites excluding steroid dienone is 1. The number of anilines is 2. The zero-order valence-electron chi connectivity index (χ0n) is 9.14. The summed E-state index contributed by atoms with van der Waals surface area (Å²) in [6, 6.07) is 5.32. The Bertz CT molecular complexity index is 441. The lowest BCUT2D eigenvalue weighted by Gasteiger charge is -2.28. The van der Waals surface area contributed by atoms with Gasteiger partial charge in [0.1, 0.15) is 5.75 Å². The van der Waals surface area contributed by atoms with E-state index in [0.717, 1.165) is 5.69 Å². The summed E-state index contributed by atoms with van der Waals surface area (Å²) in [4.78, 5) is 13.4. The number of nitrogen functional groups attached to an aromatic ring is 1. The summed E-state index contributed by atoms with van der Waals surface area (Å²) >= 11 is 0. The Morgan fingerprint density at radius 2 is 2.38 bits per heavy atom. The van der Waals surface area contributed by atoms with Gasteiger partial charge in [0.05, 0.1) is 5.69 Å². The van der Waals surface area contributed by atoms with Crippen molar-refractivity contribution in [1.29, 1.82) is 0 Å². The summed E-state index contributed by atoms with van der Waals surface area (Å²) in [5, 5.41) is 0. The number of nitrogens with two attached hydrogens (primary N) is 1. The van der Waals surface area contributed by atoms with Gasteiger partial charge in [-0.3, -0.25) is 4.79 Å². The van der Waals surface area contributed by atoms with Crippen molar-refractivity contribution in [2.24, 2.45) is 0 Å². The molecule has 0 bridgehead atoms. The summed E-state index contributed by atoms with van der Waals surface area (Å²) < 4.78 is 5.33. The molecule has 0 atom stereocenters. The summed E-state index contributed by atoms with van der Waals surface area (Å²) in [7, 11) is 0. The standard InChI is InChI=1S/C12H14N2O2/c1-2-3-6-14-10-7-9(13)4-5-11(10)16-8-12(14)15/h2-5,7H,6,8,13H2,1H3/b3-2+. The molecule has 16 heavy (non-hydrogen) atoms. The third kappa shape index (κ3) is 1.86. The van der Waals surface area contributed by atoms with Crippen LogP contribution in [0.5, 0.6) is 5.75 Å². The van der Waals surface area contributed by atoms with E-state index in [4.69, 9.17) is 10.5 Å². The molecule has 0 fully saturated rings. The fourth-order valence-corrected chi connectivity index (χ4v) is 1.63. The van der Waals surface area contributed by atoms with Gasteiger partial charge in [-0.25, -0.2) is 0 Å². The average molecular weight is 218 g/mol.